The van der Waals surface area contributed by atoms with Crippen molar-refractivity contribution < 1.29 is 28.5 Å². The van der Waals surface area contributed by atoms with Gasteiger partial charge in [-0.1, -0.05) is 81.4 Å². The number of benzene rings is 2. The van der Waals surface area contributed by atoms with E-state index in [0.29, 0.717) is 19.7 Å². The van der Waals surface area contributed by atoms with E-state index in [9.17, 15) is 5.11 Å². The van der Waals surface area contributed by atoms with Gasteiger partial charge >= 0.3 is 0 Å². The van der Waals surface area contributed by atoms with Crippen molar-refractivity contribution in [1.29, 1.82) is 0 Å². The van der Waals surface area contributed by atoms with Crippen molar-refractivity contribution in [3.05, 3.63) is 71.8 Å². The van der Waals surface area contributed by atoms with E-state index in [2.05, 4.69) is 63.0 Å². The van der Waals surface area contributed by atoms with Gasteiger partial charge in [0.15, 0.2) is 14.1 Å². The molecule has 39 heavy (non-hydrogen) atoms. The zero-order valence-electron chi connectivity index (χ0n) is 25.1. The lowest BCUT2D eigenvalue weighted by Crippen LogP contribution is -2.55. The Morgan fingerprint density at radius 3 is 1.95 bits per heavy atom. The maximum atomic E-state index is 10.9. The zero-order chi connectivity index (χ0) is 28.7. The third-order valence-electron chi connectivity index (χ3n) is 7.83. The maximum absolute atomic E-state index is 10.9. The average molecular weight is 560 g/mol. The predicted octanol–water partition coefficient (Wildman–Crippen LogP) is 5.58. The molecule has 2 aromatic rings. The molecule has 0 spiro atoms. The van der Waals surface area contributed by atoms with Gasteiger partial charge in [-0.05, 0) is 43.1 Å². The molecule has 0 aromatic heterocycles. The van der Waals surface area contributed by atoms with Crippen LogP contribution in [-0.4, -0.2) is 75.6 Å². The Hall–Kier alpha value is -1.62. The molecule has 218 valence electrons. The van der Waals surface area contributed by atoms with E-state index in [1.807, 2.05) is 50.2 Å². The van der Waals surface area contributed by atoms with Crippen molar-refractivity contribution in [1.82, 2.24) is 4.90 Å². The van der Waals surface area contributed by atoms with Crippen molar-refractivity contribution in [2.24, 2.45) is 0 Å². The van der Waals surface area contributed by atoms with E-state index >= 15 is 0 Å². The minimum absolute atomic E-state index is 0.0687. The van der Waals surface area contributed by atoms with Gasteiger partial charge in [0.1, 0.15) is 25.1 Å². The molecule has 8 heteroatoms. The molecule has 7 nitrogen and oxygen atoms in total. The molecule has 0 radical (unpaired) electrons. The molecule has 1 aliphatic rings. The summed E-state index contributed by atoms with van der Waals surface area (Å²) in [6, 6.07) is 20.2. The lowest BCUT2D eigenvalue weighted by Gasteiger charge is -2.40. The molecule has 0 aliphatic carbocycles. The molecular weight excluding hydrogens is 510 g/mol. The lowest BCUT2D eigenvalue weighted by atomic mass is 9.98. The van der Waals surface area contributed by atoms with Crippen LogP contribution in [-0.2, 0) is 36.5 Å². The number of rotatable bonds is 14. The number of hydrogen-bond donors (Lipinski definition) is 1. The number of aliphatic hydroxyl groups is 1. The first-order valence-corrected chi connectivity index (χ1v) is 16.8. The highest BCUT2D eigenvalue weighted by molar-refractivity contribution is 6.74. The second kappa shape index (κ2) is 13.8. The van der Waals surface area contributed by atoms with Gasteiger partial charge in [0, 0.05) is 20.2 Å². The number of ether oxygens (including phenoxy) is 4. The topological polar surface area (TPSA) is 69.6 Å². The SMILES string of the molecule is COCO[C@@H]([C@@H]1OC(C)(C)O[C@H]1CO[Si](C)(C)C(C)(C)C)[C@@H](CO)N(Cc1ccccc1)Cc1ccccc1. The van der Waals surface area contributed by atoms with Crippen LogP contribution in [0.15, 0.2) is 60.7 Å². The predicted molar refractivity (Wildman–Crippen MR) is 157 cm³/mol. The molecule has 3 rings (SSSR count). The highest BCUT2D eigenvalue weighted by atomic mass is 28.4. The molecule has 2 aromatic carbocycles. The second-order valence-electron chi connectivity index (χ2n) is 12.4. The van der Waals surface area contributed by atoms with E-state index < -0.39 is 32.4 Å². The molecule has 0 bridgehead atoms. The Kier molecular flexibility index (Phi) is 11.3. The second-order valence-corrected chi connectivity index (χ2v) is 17.2. The number of hydrogen-bond acceptors (Lipinski definition) is 7. The zero-order valence-corrected chi connectivity index (χ0v) is 26.1. The van der Waals surface area contributed by atoms with Crippen LogP contribution >= 0.6 is 0 Å². The Morgan fingerprint density at radius 2 is 1.49 bits per heavy atom. The molecule has 0 saturated carbocycles. The normalized spacial score (nSPS) is 21.3. The van der Waals surface area contributed by atoms with Crippen LogP contribution in [0, 0.1) is 0 Å². The van der Waals surface area contributed by atoms with Crippen LogP contribution in [0.3, 0.4) is 0 Å². The molecule has 4 atom stereocenters. The maximum Gasteiger partial charge on any atom is 0.192 e. The minimum atomic E-state index is -2.03. The first kappa shape index (κ1) is 31.9. The molecule has 1 heterocycles. The van der Waals surface area contributed by atoms with E-state index in [0.717, 1.165) is 11.1 Å². The van der Waals surface area contributed by atoms with Gasteiger partial charge < -0.3 is 28.5 Å². The third kappa shape index (κ3) is 8.93. The highest BCUT2D eigenvalue weighted by Gasteiger charge is 2.50. The smallest absolute Gasteiger partial charge is 0.192 e. The first-order valence-electron chi connectivity index (χ1n) is 13.9. The molecular formula is C31H49NO6Si. The molecule has 0 unspecified atom stereocenters. The number of aliphatic hydroxyl groups excluding tert-OH is 1. The summed E-state index contributed by atoms with van der Waals surface area (Å²) in [6.07, 6.45) is -1.36. The average Bonchev–Trinajstić information content (AvgIpc) is 3.19. The lowest BCUT2D eigenvalue weighted by molar-refractivity contribution is -0.185. The Labute approximate surface area is 236 Å². The fourth-order valence-electron chi connectivity index (χ4n) is 4.70. The largest absolute Gasteiger partial charge is 0.414 e. The summed E-state index contributed by atoms with van der Waals surface area (Å²) in [5.41, 5.74) is 2.30. The Balaban J connectivity index is 1.94. The van der Waals surface area contributed by atoms with Gasteiger partial charge in [-0.25, -0.2) is 0 Å². The summed E-state index contributed by atoms with van der Waals surface area (Å²) in [4.78, 5) is 2.26. The summed E-state index contributed by atoms with van der Waals surface area (Å²) in [7, 11) is -0.427. The molecule has 0 amide bonds. The summed E-state index contributed by atoms with van der Waals surface area (Å²) >= 11 is 0. The molecule has 1 aliphatic heterocycles. The molecule has 1 fully saturated rings. The third-order valence-corrected chi connectivity index (χ3v) is 12.3. The van der Waals surface area contributed by atoms with Gasteiger partial charge in [0.25, 0.3) is 0 Å². The van der Waals surface area contributed by atoms with Crippen molar-refractivity contribution >= 4 is 8.32 Å². The van der Waals surface area contributed by atoms with Crippen LogP contribution in [0.1, 0.15) is 45.7 Å². The summed E-state index contributed by atoms with van der Waals surface area (Å²) < 4.78 is 31.2. The van der Waals surface area contributed by atoms with E-state index in [-0.39, 0.29) is 24.5 Å². The molecule has 1 saturated heterocycles. The quantitative estimate of drug-likeness (QED) is 0.239. The van der Waals surface area contributed by atoms with E-state index in [4.69, 9.17) is 23.4 Å². The van der Waals surface area contributed by atoms with Crippen molar-refractivity contribution in [2.45, 2.75) is 96.0 Å². The number of methoxy groups -OCH3 is 1. The standard InChI is InChI=1S/C31H49NO6Si/c1-30(2,3)39(7,8)36-22-27-29(38-31(4,5)37-27)28(35-23-34-6)26(21-33)32(19-24-15-11-9-12-16-24)20-25-17-13-10-14-18-25/h9-18,26-29,33H,19-23H2,1-8H3/t26-,27+,28-,29-/m1/s1. The molecule has 1 N–H and O–H groups in total. The van der Waals surface area contributed by atoms with E-state index in [1.54, 1.807) is 7.11 Å². The Morgan fingerprint density at radius 1 is 0.949 bits per heavy atom. The number of nitrogens with zero attached hydrogens (tertiary/aromatic N) is 1. The Bertz CT molecular complexity index is 940. The van der Waals surface area contributed by atoms with Gasteiger partial charge in [0.05, 0.1) is 19.3 Å². The van der Waals surface area contributed by atoms with Gasteiger partial charge in [0.2, 0.25) is 0 Å². The monoisotopic (exact) mass is 559 g/mol. The summed E-state index contributed by atoms with van der Waals surface area (Å²) in [6.45, 7) is 16.6. The first-order chi connectivity index (χ1) is 18.4. The minimum Gasteiger partial charge on any atom is -0.414 e. The fourth-order valence-corrected chi connectivity index (χ4v) is 5.72. The van der Waals surface area contributed by atoms with Gasteiger partial charge in [-0.15, -0.1) is 0 Å². The fraction of sp³-hybridized carbons (Fsp3) is 0.613. The van der Waals surface area contributed by atoms with Crippen molar-refractivity contribution in [3.63, 3.8) is 0 Å². The van der Waals surface area contributed by atoms with Gasteiger partial charge in [-0.2, -0.15) is 0 Å². The summed E-state index contributed by atoms with van der Waals surface area (Å²) in [5, 5.41) is 11.0. The van der Waals surface area contributed by atoms with Crippen LogP contribution in [0.2, 0.25) is 18.1 Å². The summed E-state index contributed by atoms with van der Waals surface area (Å²) in [5.74, 6) is -0.815. The highest BCUT2D eigenvalue weighted by Crippen LogP contribution is 2.39. The van der Waals surface area contributed by atoms with Gasteiger partial charge in [-0.3, -0.25) is 4.90 Å². The van der Waals surface area contributed by atoms with Crippen LogP contribution in [0.5, 0.6) is 0 Å². The van der Waals surface area contributed by atoms with Crippen LogP contribution in [0.4, 0.5) is 0 Å². The van der Waals surface area contributed by atoms with Crippen LogP contribution in [0.25, 0.3) is 0 Å². The van der Waals surface area contributed by atoms with Crippen molar-refractivity contribution in [3.8, 4) is 0 Å². The van der Waals surface area contributed by atoms with Crippen molar-refractivity contribution in [2.75, 3.05) is 27.1 Å². The van der Waals surface area contributed by atoms with Crippen LogP contribution < -0.4 is 0 Å². The van der Waals surface area contributed by atoms with E-state index in [1.165, 1.54) is 0 Å².